The Morgan fingerprint density at radius 1 is 0.541 bits per heavy atom. The topological polar surface area (TPSA) is 210 Å². The highest BCUT2D eigenvalue weighted by atomic mass is 31.2. The second kappa shape index (κ2) is 36.7. The van der Waals surface area contributed by atoms with E-state index in [2.05, 4.69) is 38.2 Å². The van der Waals surface area contributed by atoms with Gasteiger partial charge in [-0.1, -0.05) is 157 Å². The fraction of sp³-hybridized carbons (Fsp3) is 0.702. The van der Waals surface area contributed by atoms with E-state index >= 15 is 0 Å². The number of phosphoric acid groups is 1. The average Bonchev–Trinajstić information content (AvgIpc) is 3.24. The van der Waals surface area contributed by atoms with Crippen LogP contribution in [0.3, 0.4) is 0 Å². The zero-order chi connectivity index (χ0) is 45.0. The Balaban J connectivity index is 2.52. The number of carbonyl (C=O) groups is 2. The van der Waals surface area contributed by atoms with Crippen LogP contribution in [0.15, 0.2) is 72.9 Å². The lowest BCUT2D eigenvalue weighted by Crippen LogP contribution is -2.64. The highest BCUT2D eigenvalue weighted by molar-refractivity contribution is 7.47. The Hall–Kier alpha value is -2.71. The van der Waals surface area contributed by atoms with Crippen molar-refractivity contribution in [1.82, 2.24) is 0 Å². The van der Waals surface area contributed by atoms with Crippen LogP contribution in [0.4, 0.5) is 0 Å². The molecule has 0 aromatic heterocycles. The molecule has 1 rings (SSSR count). The quantitative estimate of drug-likeness (QED) is 0.0115. The number of rotatable bonds is 36. The van der Waals surface area contributed by atoms with Crippen LogP contribution in [-0.2, 0) is 32.7 Å². The lowest BCUT2D eigenvalue weighted by molar-refractivity contribution is -0.220. The fourth-order valence-electron chi connectivity index (χ4n) is 6.45. The first-order valence-electron chi connectivity index (χ1n) is 22.8. The van der Waals surface area contributed by atoms with Crippen molar-refractivity contribution in [1.29, 1.82) is 0 Å². The minimum absolute atomic E-state index is 0.0237. The summed E-state index contributed by atoms with van der Waals surface area (Å²) < 4.78 is 33.4. The molecule has 6 N–H and O–H groups in total. The van der Waals surface area contributed by atoms with Gasteiger partial charge in [-0.2, -0.15) is 0 Å². The molecule has 13 nitrogen and oxygen atoms in total. The molecule has 14 heteroatoms. The summed E-state index contributed by atoms with van der Waals surface area (Å²) in [7, 11) is -5.14. The summed E-state index contributed by atoms with van der Waals surface area (Å²) in [5.41, 5.74) is 0. The van der Waals surface area contributed by atoms with Crippen LogP contribution in [0, 0.1) is 0 Å². The molecule has 0 bridgehead atoms. The number of esters is 2. The van der Waals surface area contributed by atoms with Crippen LogP contribution in [0.25, 0.3) is 0 Å². The predicted octanol–water partition coefficient (Wildman–Crippen LogP) is 8.72. The molecule has 6 unspecified atom stereocenters. The molecule has 0 spiro atoms. The number of hydrogen-bond donors (Lipinski definition) is 6. The van der Waals surface area contributed by atoms with Crippen molar-refractivity contribution in [3.63, 3.8) is 0 Å². The molecular formula is C47H79O13P. The summed E-state index contributed by atoms with van der Waals surface area (Å²) in [6, 6.07) is 0. The average molecular weight is 883 g/mol. The Labute approximate surface area is 365 Å². The first kappa shape index (κ1) is 56.3. The van der Waals surface area contributed by atoms with Gasteiger partial charge in [0.05, 0.1) is 6.61 Å². The first-order chi connectivity index (χ1) is 29.4. The molecule has 1 saturated carbocycles. The summed E-state index contributed by atoms with van der Waals surface area (Å²) in [4.78, 5) is 35.6. The highest BCUT2D eigenvalue weighted by Gasteiger charge is 2.51. The van der Waals surface area contributed by atoms with Crippen LogP contribution in [0.2, 0.25) is 0 Å². The molecule has 1 aliphatic carbocycles. The molecule has 0 amide bonds. The van der Waals surface area contributed by atoms with Gasteiger partial charge in [0.1, 0.15) is 43.2 Å². The van der Waals surface area contributed by atoms with E-state index in [9.17, 15) is 44.6 Å². The number of phosphoric ester groups is 1. The van der Waals surface area contributed by atoms with Crippen molar-refractivity contribution in [3.05, 3.63) is 72.9 Å². The van der Waals surface area contributed by atoms with Gasteiger partial charge in [-0.25, -0.2) is 4.57 Å². The maximum atomic E-state index is 12.8. The number of aliphatic hydroxyl groups is 5. The van der Waals surface area contributed by atoms with Crippen molar-refractivity contribution in [2.24, 2.45) is 0 Å². The first-order valence-corrected chi connectivity index (χ1v) is 24.3. The van der Waals surface area contributed by atoms with Crippen molar-refractivity contribution >= 4 is 19.8 Å². The van der Waals surface area contributed by atoms with Gasteiger partial charge >= 0.3 is 19.8 Å². The minimum Gasteiger partial charge on any atom is -0.462 e. The Morgan fingerprint density at radius 3 is 1.61 bits per heavy atom. The van der Waals surface area contributed by atoms with Gasteiger partial charge in [0, 0.05) is 12.8 Å². The van der Waals surface area contributed by atoms with Crippen LogP contribution in [-0.4, -0.2) is 98.3 Å². The standard InChI is InChI=1S/C47H79O13P/c1-3-5-7-9-11-13-15-17-19-20-22-24-26-28-30-32-34-36-41(49)59-39(38-58-61(55,56)60-47-45(53)43(51)42(50)44(52)46(47)54)37-57-40(48)35-33-31-29-27-25-23-21-18-16-14-12-10-8-6-4-2/h6,8,10,12,14,16,18,21-22,24,28,30,39,42-47,50-54H,3-5,7,9,11,13,15,17,19-20,23,25-27,29,31-38H2,1-2H3,(H,55,56)/b8-6+,12-10+,16-14+,21-18+,24-22+,30-28+/t39-,42?,43+,44?,45?,46?,47?/m1/s1. The molecule has 0 aliphatic heterocycles. The van der Waals surface area contributed by atoms with Crippen LogP contribution < -0.4 is 0 Å². The van der Waals surface area contributed by atoms with Gasteiger partial charge < -0.3 is 39.9 Å². The third kappa shape index (κ3) is 29.3. The lowest BCUT2D eigenvalue weighted by atomic mass is 9.85. The normalized spacial score (nSPS) is 22.7. The number of unbranched alkanes of at least 4 members (excludes halogenated alkanes) is 15. The van der Waals surface area contributed by atoms with Crippen LogP contribution in [0.1, 0.15) is 155 Å². The van der Waals surface area contributed by atoms with E-state index < -0.39 is 75.7 Å². The largest absolute Gasteiger partial charge is 0.472 e. The smallest absolute Gasteiger partial charge is 0.462 e. The van der Waals surface area contributed by atoms with Crippen molar-refractivity contribution in [2.45, 2.75) is 198 Å². The van der Waals surface area contributed by atoms with Gasteiger partial charge in [-0.05, 0) is 57.8 Å². The number of ether oxygens (including phenoxy) is 2. The van der Waals surface area contributed by atoms with Gasteiger partial charge in [0.15, 0.2) is 6.10 Å². The molecule has 0 aromatic carbocycles. The van der Waals surface area contributed by atoms with Crippen LogP contribution in [0.5, 0.6) is 0 Å². The van der Waals surface area contributed by atoms with E-state index in [-0.39, 0.29) is 12.8 Å². The molecular weight excluding hydrogens is 803 g/mol. The number of carbonyl (C=O) groups excluding carboxylic acids is 2. The molecule has 1 fully saturated rings. The lowest BCUT2D eigenvalue weighted by Gasteiger charge is -2.41. The molecule has 61 heavy (non-hydrogen) atoms. The molecule has 0 saturated heterocycles. The zero-order valence-corrected chi connectivity index (χ0v) is 37.8. The second-order valence-electron chi connectivity index (χ2n) is 15.6. The van der Waals surface area contributed by atoms with E-state index in [1.165, 1.54) is 57.8 Å². The summed E-state index contributed by atoms with van der Waals surface area (Å²) >= 11 is 0. The number of aliphatic hydroxyl groups excluding tert-OH is 5. The Bertz CT molecular complexity index is 1340. The predicted molar refractivity (Wildman–Crippen MR) is 239 cm³/mol. The molecule has 350 valence electrons. The SMILES string of the molecule is CC/C=C/C=C/C=C/C=C/CCCCCCCC(=O)OC[C@H](COP(=O)(O)OC1C(O)C(O)C(O)[C@H](O)C1O)OC(=O)CCC/C=C/C/C=C/CCCCCCCCCCC. The second-order valence-corrected chi connectivity index (χ2v) is 17.0. The molecule has 8 atom stereocenters. The van der Waals surface area contributed by atoms with E-state index in [1.807, 2.05) is 48.6 Å². The summed E-state index contributed by atoms with van der Waals surface area (Å²) in [5.74, 6) is -1.19. The van der Waals surface area contributed by atoms with Gasteiger partial charge in [0.25, 0.3) is 0 Å². The van der Waals surface area contributed by atoms with E-state index in [4.69, 9.17) is 18.5 Å². The minimum atomic E-state index is -5.14. The monoisotopic (exact) mass is 883 g/mol. The van der Waals surface area contributed by atoms with Crippen molar-refractivity contribution in [2.75, 3.05) is 13.2 Å². The van der Waals surface area contributed by atoms with Crippen molar-refractivity contribution < 1.29 is 63.1 Å². The maximum absolute atomic E-state index is 12.8. The van der Waals surface area contributed by atoms with E-state index in [0.29, 0.717) is 19.3 Å². The molecule has 0 aromatic rings. The molecule has 1 aliphatic rings. The summed E-state index contributed by atoms with van der Waals surface area (Å²) in [6.07, 6.45) is 32.5. The molecule has 0 heterocycles. The van der Waals surface area contributed by atoms with E-state index in [0.717, 1.165) is 51.4 Å². The summed E-state index contributed by atoms with van der Waals surface area (Å²) in [5, 5.41) is 50.1. The fourth-order valence-corrected chi connectivity index (χ4v) is 7.43. The Morgan fingerprint density at radius 2 is 1.02 bits per heavy atom. The third-order valence-electron chi connectivity index (χ3n) is 10.1. The van der Waals surface area contributed by atoms with Crippen molar-refractivity contribution in [3.8, 4) is 0 Å². The number of hydrogen-bond acceptors (Lipinski definition) is 12. The van der Waals surface area contributed by atoms with Gasteiger partial charge in [-0.15, -0.1) is 0 Å². The van der Waals surface area contributed by atoms with Gasteiger partial charge in [0.2, 0.25) is 0 Å². The van der Waals surface area contributed by atoms with E-state index in [1.54, 1.807) is 0 Å². The Kier molecular flexibility index (Phi) is 33.9. The number of allylic oxidation sites excluding steroid dienone is 12. The highest BCUT2D eigenvalue weighted by Crippen LogP contribution is 2.47. The maximum Gasteiger partial charge on any atom is 0.472 e. The molecule has 0 radical (unpaired) electrons. The zero-order valence-electron chi connectivity index (χ0n) is 36.9. The summed E-state index contributed by atoms with van der Waals surface area (Å²) in [6.45, 7) is 3.09. The van der Waals surface area contributed by atoms with Gasteiger partial charge in [-0.3, -0.25) is 18.6 Å². The van der Waals surface area contributed by atoms with Crippen LogP contribution >= 0.6 is 7.82 Å². The third-order valence-corrected chi connectivity index (χ3v) is 11.1.